The molecule has 0 radical (unpaired) electrons. The summed E-state index contributed by atoms with van der Waals surface area (Å²) >= 11 is 0. The van der Waals surface area contributed by atoms with Crippen molar-refractivity contribution in [2.24, 2.45) is 0 Å². The molecule has 0 saturated heterocycles. The SMILES string of the molecule is CCOC(=O)c1cccc(Cc2ccc(Cn3ccccc3=O)cc2)n1. The molecule has 0 aliphatic rings. The van der Waals surface area contributed by atoms with Gasteiger partial charge in [-0.1, -0.05) is 36.4 Å². The number of hydrogen-bond donors (Lipinski definition) is 0. The highest BCUT2D eigenvalue weighted by molar-refractivity contribution is 5.87. The van der Waals surface area contributed by atoms with Crippen molar-refractivity contribution in [2.75, 3.05) is 6.61 Å². The highest BCUT2D eigenvalue weighted by Gasteiger charge is 2.09. The third kappa shape index (κ3) is 4.45. The minimum absolute atomic E-state index is 0.0171. The Labute approximate surface area is 151 Å². The first-order valence-corrected chi connectivity index (χ1v) is 8.52. The first-order valence-electron chi connectivity index (χ1n) is 8.52. The summed E-state index contributed by atoms with van der Waals surface area (Å²) in [4.78, 5) is 27.9. The Balaban J connectivity index is 1.70. The molecule has 3 aromatic rings. The number of pyridine rings is 2. The Bertz CT molecular complexity index is 946. The summed E-state index contributed by atoms with van der Waals surface area (Å²) in [7, 11) is 0. The van der Waals surface area contributed by atoms with Crippen LogP contribution in [0.15, 0.2) is 71.7 Å². The highest BCUT2D eigenvalue weighted by Crippen LogP contribution is 2.11. The lowest BCUT2D eigenvalue weighted by Gasteiger charge is -2.07. The van der Waals surface area contributed by atoms with Gasteiger partial charge in [0.15, 0.2) is 0 Å². The second-order valence-electron chi connectivity index (χ2n) is 5.89. The van der Waals surface area contributed by atoms with Gasteiger partial charge < -0.3 is 9.30 Å². The second kappa shape index (κ2) is 8.25. The lowest BCUT2D eigenvalue weighted by molar-refractivity contribution is 0.0519. The van der Waals surface area contributed by atoms with Crippen molar-refractivity contribution in [3.8, 4) is 0 Å². The van der Waals surface area contributed by atoms with Crippen LogP contribution in [-0.2, 0) is 17.7 Å². The molecular weight excluding hydrogens is 328 g/mol. The van der Waals surface area contributed by atoms with E-state index in [2.05, 4.69) is 4.98 Å². The summed E-state index contributed by atoms with van der Waals surface area (Å²) in [5.74, 6) is -0.405. The molecule has 0 N–H and O–H groups in total. The molecule has 0 spiro atoms. The Morgan fingerprint density at radius 2 is 1.77 bits per heavy atom. The predicted molar refractivity (Wildman–Crippen MR) is 99.2 cm³/mol. The standard InChI is InChI=1S/C21H20N2O3/c1-2-26-21(25)19-7-5-6-18(22-19)14-16-9-11-17(12-10-16)15-23-13-4-3-8-20(23)24/h3-13H,2,14-15H2,1H3. The van der Waals surface area contributed by atoms with Gasteiger partial charge >= 0.3 is 5.97 Å². The topological polar surface area (TPSA) is 61.2 Å². The van der Waals surface area contributed by atoms with Crippen molar-refractivity contribution < 1.29 is 9.53 Å². The number of nitrogens with zero attached hydrogens (tertiary/aromatic N) is 2. The molecule has 5 nitrogen and oxygen atoms in total. The van der Waals surface area contributed by atoms with Crippen LogP contribution in [0.5, 0.6) is 0 Å². The summed E-state index contributed by atoms with van der Waals surface area (Å²) in [6.07, 6.45) is 2.40. The van der Waals surface area contributed by atoms with Crippen LogP contribution in [0.4, 0.5) is 0 Å². The number of aromatic nitrogens is 2. The fourth-order valence-electron chi connectivity index (χ4n) is 2.66. The largest absolute Gasteiger partial charge is 0.461 e. The van der Waals surface area contributed by atoms with Crippen LogP contribution in [-0.4, -0.2) is 22.1 Å². The van der Waals surface area contributed by atoms with E-state index in [4.69, 9.17) is 4.74 Å². The van der Waals surface area contributed by atoms with Gasteiger partial charge in [-0.05, 0) is 36.2 Å². The molecule has 3 rings (SSSR count). The molecule has 2 heterocycles. The molecule has 0 aliphatic carbocycles. The number of hydrogen-bond acceptors (Lipinski definition) is 4. The number of ether oxygens (including phenoxy) is 1. The average Bonchev–Trinajstić information content (AvgIpc) is 2.66. The Morgan fingerprint density at radius 1 is 1.00 bits per heavy atom. The van der Waals surface area contributed by atoms with Crippen LogP contribution in [0.3, 0.4) is 0 Å². The Morgan fingerprint density at radius 3 is 2.50 bits per heavy atom. The Kier molecular flexibility index (Phi) is 5.59. The molecule has 26 heavy (non-hydrogen) atoms. The quantitative estimate of drug-likeness (QED) is 0.642. The lowest BCUT2D eigenvalue weighted by atomic mass is 10.1. The molecular formula is C21H20N2O3. The van der Waals surface area contributed by atoms with Crippen molar-refractivity contribution in [1.29, 1.82) is 0 Å². The molecule has 1 aromatic carbocycles. The van der Waals surface area contributed by atoms with Crippen LogP contribution in [0, 0.1) is 0 Å². The molecule has 0 fully saturated rings. The lowest BCUT2D eigenvalue weighted by Crippen LogP contribution is -2.18. The van der Waals surface area contributed by atoms with E-state index >= 15 is 0 Å². The maximum atomic E-state index is 11.8. The van der Waals surface area contributed by atoms with Gasteiger partial charge in [0.05, 0.1) is 13.2 Å². The number of benzene rings is 1. The molecule has 2 aromatic heterocycles. The number of carbonyl (C=O) groups excluding carboxylic acids is 1. The third-order valence-corrected chi connectivity index (χ3v) is 3.95. The third-order valence-electron chi connectivity index (χ3n) is 3.95. The van der Waals surface area contributed by atoms with Gasteiger partial charge in [-0.15, -0.1) is 0 Å². The number of esters is 1. The summed E-state index contributed by atoms with van der Waals surface area (Å²) in [5, 5.41) is 0. The van der Waals surface area contributed by atoms with Crippen molar-refractivity contribution in [2.45, 2.75) is 19.9 Å². The Hall–Kier alpha value is -3.21. The maximum Gasteiger partial charge on any atom is 0.356 e. The average molecular weight is 348 g/mol. The molecule has 5 heteroatoms. The van der Waals surface area contributed by atoms with Crippen LogP contribution in [0.1, 0.15) is 34.2 Å². The molecule has 0 aliphatic heterocycles. The molecule has 0 saturated carbocycles. The van der Waals surface area contributed by atoms with E-state index in [9.17, 15) is 9.59 Å². The van der Waals surface area contributed by atoms with Gasteiger partial charge in [0.2, 0.25) is 0 Å². The zero-order valence-corrected chi connectivity index (χ0v) is 14.6. The van der Waals surface area contributed by atoms with Gasteiger partial charge in [0.25, 0.3) is 5.56 Å². The molecule has 132 valence electrons. The van der Waals surface area contributed by atoms with E-state index in [1.54, 1.807) is 35.9 Å². The summed E-state index contributed by atoms with van der Waals surface area (Å²) in [6.45, 7) is 2.64. The van der Waals surface area contributed by atoms with Gasteiger partial charge in [-0.3, -0.25) is 4.79 Å². The second-order valence-corrected chi connectivity index (χ2v) is 5.89. The van der Waals surface area contributed by atoms with Crippen molar-refractivity contribution >= 4 is 5.97 Å². The monoisotopic (exact) mass is 348 g/mol. The fraction of sp³-hybridized carbons (Fsp3) is 0.190. The predicted octanol–water partition coefficient (Wildman–Crippen LogP) is 3.06. The van der Waals surface area contributed by atoms with Gasteiger partial charge in [0.1, 0.15) is 5.69 Å². The van der Waals surface area contributed by atoms with E-state index in [-0.39, 0.29) is 5.56 Å². The van der Waals surface area contributed by atoms with E-state index in [1.165, 1.54) is 0 Å². The molecule has 0 bridgehead atoms. The smallest absolute Gasteiger partial charge is 0.356 e. The van der Waals surface area contributed by atoms with E-state index in [0.717, 1.165) is 16.8 Å². The summed E-state index contributed by atoms with van der Waals surface area (Å²) in [6, 6.07) is 18.5. The van der Waals surface area contributed by atoms with Crippen molar-refractivity contribution in [3.63, 3.8) is 0 Å². The molecule has 0 atom stereocenters. The number of carbonyl (C=O) groups is 1. The van der Waals surface area contributed by atoms with Gasteiger partial charge in [-0.2, -0.15) is 0 Å². The number of rotatable bonds is 6. The first-order chi connectivity index (χ1) is 12.7. The fourth-order valence-corrected chi connectivity index (χ4v) is 2.66. The molecule has 0 unspecified atom stereocenters. The van der Waals surface area contributed by atoms with Crippen LogP contribution in [0.25, 0.3) is 0 Å². The molecule has 0 amide bonds. The normalized spacial score (nSPS) is 10.5. The zero-order chi connectivity index (χ0) is 18.4. The van der Waals surface area contributed by atoms with E-state index in [1.807, 2.05) is 42.5 Å². The minimum atomic E-state index is -0.405. The summed E-state index contributed by atoms with van der Waals surface area (Å²) < 4.78 is 6.65. The van der Waals surface area contributed by atoms with Crippen molar-refractivity contribution in [1.82, 2.24) is 9.55 Å². The van der Waals surface area contributed by atoms with E-state index < -0.39 is 5.97 Å². The van der Waals surface area contributed by atoms with E-state index in [0.29, 0.717) is 25.3 Å². The zero-order valence-electron chi connectivity index (χ0n) is 14.6. The van der Waals surface area contributed by atoms with Crippen LogP contribution in [0.2, 0.25) is 0 Å². The maximum absolute atomic E-state index is 11.8. The van der Waals surface area contributed by atoms with Crippen LogP contribution < -0.4 is 5.56 Å². The summed E-state index contributed by atoms with van der Waals surface area (Å²) in [5.41, 5.74) is 3.25. The first kappa shape index (κ1) is 17.6. The van der Waals surface area contributed by atoms with Gasteiger partial charge in [0, 0.05) is 24.4 Å². The minimum Gasteiger partial charge on any atom is -0.461 e. The highest BCUT2D eigenvalue weighted by atomic mass is 16.5. The van der Waals surface area contributed by atoms with Crippen LogP contribution >= 0.6 is 0 Å². The van der Waals surface area contributed by atoms with Gasteiger partial charge in [-0.25, -0.2) is 9.78 Å². The van der Waals surface area contributed by atoms with Crippen molar-refractivity contribution in [3.05, 3.63) is 99.7 Å².